The van der Waals surface area contributed by atoms with E-state index in [-0.39, 0.29) is 11.0 Å². The third-order valence-electron chi connectivity index (χ3n) is 3.02. The van der Waals surface area contributed by atoms with Gasteiger partial charge >= 0.3 is 0 Å². The number of hydrogen-bond acceptors (Lipinski definition) is 3. The van der Waals surface area contributed by atoms with E-state index in [4.69, 9.17) is 11.6 Å². The minimum absolute atomic E-state index is 0.0450. The number of halogens is 1. The standard InChI is InChI=1S/C15H10ClN3O2/c16-13-6-5-9(7-18-13)19-15(21)11-8-17-12-4-2-1-3-10(12)14(11)20/h1-8H,(H,17,20)(H,19,21). The molecule has 0 atom stereocenters. The van der Waals surface area contributed by atoms with Gasteiger partial charge in [-0.05, 0) is 24.3 Å². The van der Waals surface area contributed by atoms with Crippen molar-refractivity contribution in [3.63, 3.8) is 0 Å². The summed E-state index contributed by atoms with van der Waals surface area (Å²) in [4.78, 5) is 31.3. The Kier molecular flexibility index (Phi) is 3.41. The predicted molar refractivity (Wildman–Crippen MR) is 81.8 cm³/mol. The maximum Gasteiger partial charge on any atom is 0.261 e. The lowest BCUT2D eigenvalue weighted by Gasteiger charge is -2.05. The molecule has 1 aromatic carbocycles. The Balaban J connectivity index is 1.96. The number of aromatic nitrogens is 2. The number of pyridine rings is 2. The first-order valence-electron chi connectivity index (χ1n) is 6.18. The molecule has 0 aliphatic rings. The van der Waals surface area contributed by atoms with Crippen LogP contribution in [-0.2, 0) is 0 Å². The second-order valence-corrected chi connectivity index (χ2v) is 4.79. The van der Waals surface area contributed by atoms with Crippen LogP contribution in [-0.4, -0.2) is 15.9 Å². The van der Waals surface area contributed by atoms with Crippen LogP contribution >= 0.6 is 11.6 Å². The third kappa shape index (κ3) is 2.64. The zero-order chi connectivity index (χ0) is 14.8. The first-order valence-corrected chi connectivity index (χ1v) is 6.56. The minimum Gasteiger partial charge on any atom is -0.360 e. The molecule has 104 valence electrons. The molecule has 1 amide bonds. The van der Waals surface area contributed by atoms with Gasteiger partial charge in [0.1, 0.15) is 10.7 Å². The number of nitrogens with one attached hydrogen (secondary N) is 2. The van der Waals surface area contributed by atoms with E-state index in [1.165, 1.54) is 12.4 Å². The van der Waals surface area contributed by atoms with E-state index in [2.05, 4.69) is 15.3 Å². The van der Waals surface area contributed by atoms with E-state index < -0.39 is 5.91 Å². The highest BCUT2D eigenvalue weighted by Gasteiger charge is 2.13. The molecular formula is C15H10ClN3O2. The summed E-state index contributed by atoms with van der Waals surface area (Å²) in [5.74, 6) is -0.494. The molecule has 0 saturated heterocycles. The van der Waals surface area contributed by atoms with Crippen molar-refractivity contribution in [2.75, 3.05) is 5.32 Å². The lowest BCUT2D eigenvalue weighted by molar-refractivity contribution is 0.102. The van der Waals surface area contributed by atoms with E-state index in [0.29, 0.717) is 21.7 Å². The molecule has 6 heteroatoms. The Morgan fingerprint density at radius 2 is 2.00 bits per heavy atom. The number of carbonyl (C=O) groups excluding carboxylic acids is 1. The molecule has 0 fully saturated rings. The molecule has 2 aromatic heterocycles. The van der Waals surface area contributed by atoms with Gasteiger partial charge in [-0.3, -0.25) is 9.59 Å². The molecule has 0 unspecified atom stereocenters. The molecule has 0 radical (unpaired) electrons. The van der Waals surface area contributed by atoms with Crippen LogP contribution < -0.4 is 10.7 Å². The highest BCUT2D eigenvalue weighted by molar-refractivity contribution is 6.29. The monoisotopic (exact) mass is 299 g/mol. The number of carbonyl (C=O) groups is 1. The summed E-state index contributed by atoms with van der Waals surface area (Å²) >= 11 is 5.68. The Morgan fingerprint density at radius 1 is 1.19 bits per heavy atom. The first kappa shape index (κ1) is 13.3. The average molecular weight is 300 g/mol. The van der Waals surface area contributed by atoms with Crippen LogP contribution in [0.3, 0.4) is 0 Å². The minimum atomic E-state index is -0.494. The van der Waals surface area contributed by atoms with E-state index >= 15 is 0 Å². The Hall–Kier alpha value is -2.66. The van der Waals surface area contributed by atoms with Gasteiger partial charge in [0.25, 0.3) is 5.91 Å². The van der Waals surface area contributed by atoms with Gasteiger partial charge in [-0.15, -0.1) is 0 Å². The topological polar surface area (TPSA) is 74.8 Å². The second-order valence-electron chi connectivity index (χ2n) is 4.40. The smallest absolute Gasteiger partial charge is 0.261 e. The molecule has 0 spiro atoms. The van der Waals surface area contributed by atoms with Crippen molar-refractivity contribution in [1.82, 2.24) is 9.97 Å². The van der Waals surface area contributed by atoms with Gasteiger partial charge in [-0.25, -0.2) is 4.98 Å². The first-order chi connectivity index (χ1) is 10.1. The van der Waals surface area contributed by atoms with Crippen LogP contribution in [0, 0.1) is 0 Å². The fraction of sp³-hybridized carbons (Fsp3) is 0. The zero-order valence-corrected chi connectivity index (χ0v) is 11.5. The van der Waals surface area contributed by atoms with E-state index in [0.717, 1.165) is 0 Å². The highest BCUT2D eigenvalue weighted by Crippen LogP contribution is 2.12. The molecule has 0 saturated carbocycles. The summed E-state index contributed by atoms with van der Waals surface area (Å²) in [7, 11) is 0. The number of anilines is 1. The van der Waals surface area contributed by atoms with Gasteiger partial charge in [-0.1, -0.05) is 23.7 Å². The maximum absolute atomic E-state index is 12.3. The number of nitrogens with zero attached hydrogens (tertiary/aromatic N) is 1. The van der Waals surface area contributed by atoms with Crippen LogP contribution in [0.15, 0.2) is 53.6 Å². The SMILES string of the molecule is O=C(Nc1ccc(Cl)nc1)c1c[nH]c2ccccc2c1=O. The average Bonchev–Trinajstić information content (AvgIpc) is 2.50. The summed E-state index contributed by atoms with van der Waals surface area (Å²) < 4.78 is 0. The second kappa shape index (κ2) is 5.38. The number of rotatable bonds is 2. The normalized spacial score (nSPS) is 10.5. The van der Waals surface area contributed by atoms with Crippen LogP contribution in [0.25, 0.3) is 10.9 Å². The lowest BCUT2D eigenvalue weighted by Crippen LogP contribution is -2.21. The fourth-order valence-electron chi connectivity index (χ4n) is 1.98. The van der Waals surface area contributed by atoms with Crippen LogP contribution in [0.5, 0.6) is 0 Å². The largest absolute Gasteiger partial charge is 0.360 e. The molecule has 0 aliphatic heterocycles. The molecule has 2 heterocycles. The number of H-pyrrole nitrogens is 1. The quantitative estimate of drug-likeness (QED) is 0.715. The zero-order valence-electron chi connectivity index (χ0n) is 10.8. The summed E-state index contributed by atoms with van der Waals surface area (Å²) in [6.07, 6.45) is 2.83. The van der Waals surface area contributed by atoms with Gasteiger partial charge in [0.15, 0.2) is 0 Å². The number of para-hydroxylation sites is 1. The molecule has 21 heavy (non-hydrogen) atoms. The van der Waals surface area contributed by atoms with E-state index in [1.807, 2.05) is 6.07 Å². The van der Waals surface area contributed by atoms with Crippen molar-refractivity contribution in [1.29, 1.82) is 0 Å². The Bertz CT molecular complexity index is 872. The number of fused-ring (bicyclic) bond motifs is 1. The van der Waals surface area contributed by atoms with Crippen molar-refractivity contribution in [2.24, 2.45) is 0 Å². The van der Waals surface area contributed by atoms with Crippen molar-refractivity contribution in [3.05, 3.63) is 69.7 Å². The summed E-state index contributed by atoms with van der Waals surface area (Å²) in [5, 5.41) is 3.41. The maximum atomic E-state index is 12.3. The number of hydrogen-bond donors (Lipinski definition) is 2. The molecule has 0 aliphatic carbocycles. The highest BCUT2D eigenvalue weighted by atomic mass is 35.5. The van der Waals surface area contributed by atoms with Gasteiger partial charge in [-0.2, -0.15) is 0 Å². The third-order valence-corrected chi connectivity index (χ3v) is 3.24. The number of amides is 1. The van der Waals surface area contributed by atoms with Crippen LogP contribution in [0.1, 0.15) is 10.4 Å². The Morgan fingerprint density at radius 3 is 2.76 bits per heavy atom. The van der Waals surface area contributed by atoms with Crippen LogP contribution in [0.2, 0.25) is 5.15 Å². The molecule has 3 aromatic rings. The van der Waals surface area contributed by atoms with Crippen molar-refractivity contribution >= 4 is 34.1 Å². The molecule has 5 nitrogen and oxygen atoms in total. The fourth-order valence-corrected chi connectivity index (χ4v) is 2.10. The summed E-state index contributed by atoms with van der Waals surface area (Å²) in [6.45, 7) is 0. The predicted octanol–water partition coefficient (Wildman–Crippen LogP) is 2.83. The van der Waals surface area contributed by atoms with Crippen LogP contribution in [0.4, 0.5) is 5.69 Å². The summed E-state index contributed by atoms with van der Waals surface area (Å²) in [6, 6.07) is 10.2. The van der Waals surface area contributed by atoms with Gasteiger partial charge in [0.05, 0.1) is 11.9 Å². The number of benzene rings is 1. The molecular weight excluding hydrogens is 290 g/mol. The van der Waals surface area contributed by atoms with Gasteiger partial charge < -0.3 is 10.3 Å². The van der Waals surface area contributed by atoms with Crippen molar-refractivity contribution in [3.8, 4) is 0 Å². The van der Waals surface area contributed by atoms with Crippen molar-refractivity contribution in [2.45, 2.75) is 0 Å². The van der Waals surface area contributed by atoms with E-state index in [1.54, 1.807) is 30.3 Å². The van der Waals surface area contributed by atoms with Gasteiger partial charge in [0, 0.05) is 17.1 Å². The molecule has 3 rings (SSSR count). The summed E-state index contributed by atoms with van der Waals surface area (Å²) in [5.41, 5.74) is 0.886. The molecule has 2 N–H and O–H groups in total. The van der Waals surface area contributed by atoms with E-state index in [9.17, 15) is 9.59 Å². The van der Waals surface area contributed by atoms with Gasteiger partial charge in [0.2, 0.25) is 5.43 Å². The lowest BCUT2D eigenvalue weighted by atomic mass is 10.1. The Labute approximate surface area is 124 Å². The molecule has 0 bridgehead atoms. The number of aromatic amines is 1. The van der Waals surface area contributed by atoms with Crippen molar-refractivity contribution < 1.29 is 4.79 Å².